The number of aryl methyl sites for hydroxylation is 1. The second-order valence-corrected chi connectivity index (χ2v) is 8.62. The van der Waals surface area contributed by atoms with Gasteiger partial charge in [0.2, 0.25) is 5.43 Å². The van der Waals surface area contributed by atoms with Crippen LogP contribution in [0.3, 0.4) is 0 Å². The molecule has 3 N–H and O–H groups in total. The van der Waals surface area contributed by atoms with Crippen LogP contribution in [-0.2, 0) is 10.6 Å². The van der Waals surface area contributed by atoms with Gasteiger partial charge in [-0.25, -0.2) is 13.8 Å². The number of aromatic hydroxyl groups is 1. The van der Waals surface area contributed by atoms with Crippen molar-refractivity contribution in [1.29, 1.82) is 0 Å². The van der Waals surface area contributed by atoms with E-state index in [2.05, 4.69) is 21.3 Å². The zero-order valence-corrected chi connectivity index (χ0v) is 18.8. The highest BCUT2D eigenvalue weighted by Crippen LogP contribution is 2.29. The highest BCUT2D eigenvalue weighted by Gasteiger charge is 2.21. The highest BCUT2D eigenvalue weighted by atomic mass is 32.2. The van der Waals surface area contributed by atoms with Crippen LogP contribution >= 0.6 is 23.6 Å². The van der Waals surface area contributed by atoms with Gasteiger partial charge in [-0.1, -0.05) is 18.2 Å². The Morgan fingerprint density at radius 2 is 2.16 bits per heavy atom. The second-order valence-electron chi connectivity index (χ2n) is 6.93. The maximum atomic E-state index is 14.0. The van der Waals surface area contributed by atoms with Crippen molar-refractivity contribution in [1.82, 2.24) is 14.7 Å². The molecule has 0 aliphatic rings. The summed E-state index contributed by atoms with van der Waals surface area (Å²) in [4.78, 5) is 32.5. The number of halogens is 2. The summed E-state index contributed by atoms with van der Waals surface area (Å²) < 4.78 is 34.5. The number of aromatic nitrogens is 2. The normalized spacial score (nSPS) is 10.9. The summed E-state index contributed by atoms with van der Waals surface area (Å²) in [5, 5.41) is 10.5. The Morgan fingerprint density at radius 1 is 1.41 bits per heavy atom. The molecule has 0 unspecified atom stereocenters. The van der Waals surface area contributed by atoms with E-state index in [9.17, 15) is 23.5 Å². The number of benzene rings is 1. The molecular weight excluding hydrogens is 460 g/mol. The van der Waals surface area contributed by atoms with Crippen LogP contribution in [0, 0.1) is 18.6 Å². The van der Waals surface area contributed by atoms with E-state index >= 15 is 0 Å². The molecule has 0 bridgehead atoms. The molecule has 0 aliphatic heterocycles. The lowest BCUT2D eigenvalue weighted by molar-refractivity contribution is 0.0974. The predicted molar refractivity (Wildman–Crippen MR) is 120 cm³/mol. The van der Waals surface area contributed by atoms with E-state index in [1.807, 2.05) is 0 Å². The summed E-state index contributed by atoms with van der Waals surface area (Å²) in [5.41, 5.74) is 0.569. The van der Waals surface area contributed by atoms with Crippen LogP contribution in [0.5, 0.6) is 5.75 Å². The molecule has 0 fully saturated rings. The van der Waals surface area contributed by atoms with Crippen molar-refractivity contribution in [3.8, 4) is 16.3 Å². The first-order valence-corrected chi connectivity index (χ1v) is 10.8. The van der Waals surface area contributed by atoms with E-state index in [0.29, 0.717) is 33.4 Å². The van der Waals surface area contributed by atoms with E-state index in [0.717, 1.165) is 23.0 Å². The third-order valence-electron chi connectivity index (χ3n) is 4.27. The zero-order valence-electron chi connectivity index (χ0n) is 17.1. The fraction of sp³-hybridized carbons (Fsp3) is 0.190. The molecule has 2 aromatic heterocycles. The fourth-order valence-electron chi connectivity index (χ4n) is 2.64. The summed E-state index contributed by atoms with van der Waals surface area (Å²) in [5.74, 6) is -2.85. The van der Waals surface area contributed by atoms with Gasteiger partial charge in [0.25, 0.3) is 5.91 Å². The number of carbonyl (C=O) groups is 1. The fourth-order valence-corrected chi connectivity index (χ4v) is 4.24. The standard InChI is InChI=1S/C21H19F2N3O4S2/c1-10(2)9-30-32-26-20(29)17-19(28)18(27)14(8-24-17)21-25-11(3)16(31-21)6-12-4-5-13(22)7-15(12)23/h4-5,7-8,28H,1,6,9H2,2-3H3,(H,24,27)(H,26,29). The highest BCUT2D eigenvalue weighted by molar-refractivity contribution is 7.93. The van der Waals surface area contributed by atoms with Gasteiger partial charge in [-0.15, -0.1) is 11.3 Å². The van der Waals surface area contributed by atoms with Crippen LogP contribution in [-0.4, -0.2) is 27.6 Å². The first-order chi connectivity index (χ1) is 15.2. The van der Waals surface area contributed by atoms with Crippen molar-refractivity contribution in [3.63, 3.8) is 0 Å². The summed E-state index contributed by atoms with van der Waals surface area (Å²) >= 11 is 1.79. The quantitative estimate of drug-likeness (QED) is 0.193. The van der Waals surface area contributed by atoms with Gasteiger partial charge in [-0.05, 0) is 25.5 Å². The lowest BCUT2D eigenvalue weighted by Gasteiger charge is -2.07. The van der Waals surface area contributed by atoms with E-state index in [1.54, 1.807) is 13.8 Å². The summed E-state index contributed by atoms with van der Waals surface area (Å²) in [7, 11) is 0. The minimum Gasteiger partial charge on any atom is -0.503 e. The molecule has 0 spiro atoms. The topological polar surface area (TPSA) is 104 Å². The average molecular weight is 480 g/mol. The van der Waals surface area contributed by atoms with Gasteiger partial charge in [0.1, 0.15) is 28.9 Å². The molecule has 168 valence electrons. The van der Waals surface area contributed by atoms with Crippen molar-refractivity contribution in [2.45, 2.75) is 20.3 Å². The second kappa shape index (κ2) is 10.1. The van der Waals surface area contributed by atoms with Gasteiger partial charge in [0, 0.05) is 23.6 Å². The number of pyridine rings is 1. The Bertz CT molecular complexity index is 1240. The van der Waals surface area contributed by atoms with Crippen LogP contribution in [0.4, 0.5) is 8.78 Å². The summed E-state index contributed by atoms with van der Waals surface area (Å²) in [6.07, 6.45) is 1.44. The van der Waals surface area contributed by atoms with Gasteiger partial charge < -0.3 is 10.1 Å². The predicted octanol–water partition coefficient (Wildman–Crippen LogP) is 4.27. The molecule has 7 nitrogen and oxygen atoms in total. The molecule has 3 rings (SSSR count). The molecule has 1 aromatic carbocycles. The number of nitrogens with one attached hydrogen (secondary N) is 2. The van der Waals surface area contributed by atoms with Crippen LogP contribution in [0.2, 0.25) is 0 Å². The van der Waals surface area contributed by atoms with Gasteiger partial charge in [0.15, 0.2) is 11.4 Å². The molecule has 1 amide bonds. The Labute approximate surface area is 190 Å². The zero-order chi connectivity index (χ0) is 23.4. The van der Waals surface area contributed by atoms with E-state index in [-0.39, 0.29) is 24.3 Å². The molecular formula is C21H19F2N3O4S2. The molecule has 32 heavy (non-hydrogen) atoms. The molecule has 0 saturated carbocycles. The number of nitrogens with zero attached hydrogens (tertiary/aromatic N) is 1. The monoisotopic (exact) mass is 479 g/mol. The maximum absolute atomic E-state index is 14.0. The van der Waals surface area contributed by atoms with Crippen molar-refractivity contribution in [3.05, 3.63) is 80.2 Å². The smallest absolute Gasteiger partial charge is 0.283 e. The number of amides is 1. The first kappa shape index (κ1) is 23.6. The van der Waals surface area contributed by atoms with Gasteiger partial charge >= 0.3 is 0 Å². The van der Waals surface area contributed by atoms with Gasteiger partial charge in [0.05, 0.1) is 17.9 Å². The van der Waals surface area contributed by atoms with Crippen LogP contribution in [0.25, 0.3) is 10.6 Å². The Hall–Kier alpha value is -3.02. The van der Waals surface area contributed by atoms with E-state index in [4.69, 9.17) is 4.18 Å². The molecule has 2 heterocycles. The van der Waals surface area contributed by atoms with Crippen LogP contribution < -0.4 is 10.2 Å². The number of carbonyl (C=O) groups excluding carboxylic acids is 1. The van der Waals surface area contributed by atoms with Crippen LogP contribution in [0.15, 0.2) is 41.3 Å². The van der Waals surface area contributed by atoms with Gasteiger partial charge in [-0.3, -0.25) is 18.5 Å². The number of hydrogen-bond donors (Lipinski definition) is 3. The third-order valence-corrected chi connectivity index (χ3v) is 5.97. The molecule has 0 atom stereocenters. The summed E-state index contributed by atoms with van der Waals surface area (Å²) in [6.45, 7) is 7.34. The van der Waals surface area contributed by atoms with Crippen LogP contribution in [0.1, 0.15) is 33.5 Å². The third kappa shape index (κ3) is 5.42. The van der Waals surface area contributed by atoms with Gasteiger partial charge in [-0.2, -0.15) is 0 Å². The minimum atomic E-state index is -0.782. The van der Waals surface area contributed by atoms with Crippen molar-refractivity contribution in [2.75, 3.05) is 6.61 Å². The van der Waals surface area contributed by atoms with E-state index in [1.165, 1.54) is 18.3 Å². The number of hydrogen-bond acceptors (Lipinski definition) is 7. The number of aromatic amines is 1. The molecule has 11 heteroatoms. The van der Waals surface area contributed by atoms with E-state index < -0.39 is 28.7 Å². The van der Waals surface area contributed by atoms with Crippen molar-refractivity contribution in [2.24, 2.45) is 0 Å². The first-order valence-electron chi connectivity index (χ1n) is 9.25. The number of H-pyrrole nitrogens is 1. The van der Waals surface area contributed by atoms with Crippen molar-refractivity contribution >= 4 is 29.5 Å². The minimum absolute atomic E-state index is 0.0594. The lowest BCUT2D eigenvalue weighted by atomic mass is 10.1. The molecule has 3 aromatic rings. The largest absolute Gasteiger partial charge is 0.503 e. The molecule has 0 radical (unpaired) electrons. The lowest BCUT2D eigenvalue weighted by Crippen LogP contribution is -2.21. The Balaban J connectivity index is 1.81. The molecule has 0 aliphatic carbocycles. The van der Waals surface area contributed by atoms with Crippen molar-refractivity contribution < 1.29 is 22.9 Å². The maximum Gasteiger partial charge on any atom is 0.283 e. The number of rotatable bonds is 8. The number of thiazole rings is 1. The molecule has 0 saturated heterocycles. The Morgan fingerprint density at radius 3 is 2.84 bits per heavy atom. The SMILES string of the molecule is C=C(C)COSNC(=O)c1[nH]cc(-c2nc(C)c(Cc3ccc(F)cc3F)s2)c(=O)c1O. The summed E-state index contributed by atoms with van der Waals surface area (Å²) in [6, 6.07) is 3.33. The average Bonchev–Trinajstić information content (AvgIpc) is 3.09. The Kier molecular flexibility index (Phi) is 7.44.